The molecular weight excluding hydrogens is 1100 g/mol. The summed E-state index contributed by atoms with van der Waals surface area (Å²) in [6, 6.07) is 17.2. The lowest BCUT2D eigenvalue weighted by Gasteiger charge is -2.37. The lowest BCUT2D eigenvalue weighted by atomic mass is 9.78. The molecule has 23 nitrogen and oxygen atoms in total. The number of aliphatic hydroxyl groups is 1. The molecule has 2 saturated heterocycles. The molecule has 2 fully saturated rings. The van der Waals surface area contributed by atoms with Crippen molar-refractivity contribution in [3.05, 3.63) is 113 Å². The van der Waals surface area contributed by atoms with E-state index in [0.29, 0.717) is 36.4 Å². The van der Waals surface area contributed by atoms with Crippen molar-refractivity contribution in [2.45, 2.75) is 136 Å². The van der Waals surface area contributed by atoms with Crippen molar-refractivity contribution in [2.75, 3.05) is 74.4 Å². The fourth-order valence-electron chi connectivity index (χ4n) is 10.7. The van der Waals surface area contributed by atoms with Crippen LogP contribution in [0.3, 0.4) is 0 Å². The maximum absolute atomic E-state index is 15.8. The molecule has 25 heteroatoms. The fraction of sp³-hybridized carbons (Fsp3) is 0.533. The maximum Gasteiger partial charge on any atom is 0.418 e. The zero-order valence-corrected chi connectivity index (χ0v) is 50.0. The van der Waals surface area contributed by atoms with E-state index < -0.39 is 89.3 Å². The molecule has 8 rings (SSSR count). The molecule has 2 aromatic carbocycles. The highest BCUT2D eigenvalue weighted by atomic mass is 19.1. The minimum Gasteiger partial charge on any atom is -0.493 e. The van der Waals surface area contributed by atoms with E-state index in [-0.39, 0.29) is 50.3 Å². The molecule has 0 bridgehead atoms. The van der Waals surface area contributed by atoms with Crippen LogP contribution in [0.25, 0.3) is 5.69 Å². The molecule has 7 atom stereocenters. The van der Waals surface area contributed by atoms with Crippen LogP contribution in [0.2, 0.25) is 0 Å². The van der Waals surface area contributed by atoms with Gasteiger partial charge in [-0.2, -0.15) is 10.1 Å². The Labute approximate surface area is 493 Å². The number of hydrogen-bond acceptors (Lipinski definition) is 18. The van der Waals surface area contributed by atoms with Gasteiger partial charge in [-0.15, -0.1) is 5.43 Å². The van der Waals surface area contributed by atoms with Gasteiger partial charge in [-0.1, -0.05) is 13.0 Å². The van der Waals surface area contributed by atoms with Gasteiger partial charge < -0.3 is 48.6 Å². The molecule has 2 amide bonds. The normalized spacial score (nSPS) is 20.5. The van der Waals surface area contributed by atoms with E-state index in [4.69, 9.17) is 28.4 Å². The van der Waals surface area contributed by atoms with E-state index in [0.717, 1.165) is 48.5 Å². The number of nitrogens with zero attached hydrogens (tertiary/aromatic N) is 9. The summed E-state index contributed by atoms with van der Waals surface area (Å²) in [5.41, 5.74) is 3.23. The van der Waals surface area contributed by atoms with Crippen molar-refractivity contribution < 1.29 is 66.1 Å². The summed E-state index contributed by atoms with van der Waals surface area (Å²) >= 11 is 0. The van der Waals surface area contributed by atoms with Crippen LogP contribution < -0.4 is 35.9 Å². The number of esters is 2. The Morgan fingerprint density at radius 1 is 0.941 bits per heavy atom. The molecule has 2 aromatic heterocycles. The highest BCUT2D eigenvalue weighted by Gasteiger charge is 2.52. The number of allylic oxidation sites excluding steroid dienone is 3. The highest BCUT2D eigenvalue weighted by Crippen LogP contribution is 2.45. The minimum absolute atomic E-state index is 0.0929. The first-order valence-electron chi connectivity index (χ1n) is 28.7. The van der Waals surface area contributed by atoms with Crippen LogP contribution in [0, 0.1) is 11.8 Å². The standard InChI is InChI=1S/C60H79F2N11O12/c1-11-51(39(2)74)73-56(78)72(37-65-73)46-17-15-44(16-18-46)68-25-27-69(28-26-68)45-19-21-47(22-20-45)80-32-41-31-60(82-33-41,48-23-14-43(61)29-49(48)62)35-71-38-70(36-64-71)40(3)83-57(79)67(10)53-42(13-12-24-63-53)34-81-52(75)30-50(54(76)84-58(4,5)6)66-55(77)85-59(7,8)9/h12-22,24,29,37-41,48,50-51,64,74H,11,23,25-28,30-36H2,1-10H3/p+1/t39-,40?,41+,48?,50?,51-,60-/m0/s1. The van der Waals surface area contributed by atoms with Crippen molar-refractivity contribution in [1.82, 2.24) is 35.1 Å². The Bertz CT molecular complexity index is 3150. The Kier molecular flexibility index (Phi) is 20.0. The lowest BCUT2D eigenvalue weighted by molar-refractivity contribution is -0.594. The van der Waals surface area contributed by atoms with Crippen LogP contribution in [0.15, 0.2) is 102 Å². The molecular formula is C60H80F2N11O12+. The van der Waals surface area contributed by atoms with Gasteiger partial charge in [0.25, 0.3) is 6.34 Å². The van der Waals surface area contributed by atoms with Crippen LogP contribution in [0.5, 0.6) is 5.75 Å². The number of alkyl carbamates (subject to hydrolysis) is 1. The Hall–Kier alpha value is -7.90. The summed E-state index contributed by atoms with van der Waals surface area (Å²) in [7, 11) is 1.45. The molecule has 0 radical (unpaired) electrons. The Balaban J connectivity index is 0.827. The molecule has 4 aromatic rings. The zero-order chi connectivity index (χ0) is 61.4. The van der Waals surface area contributed by atoms with Gasteiger partial charge in [-0.3, -0.25) is 9.69 Å². The molecule has 0 saturated carbocycles. The number of carbonyl (C=O) groups is 4. The number of amides is 2. The third-order valence-corrected chi connectivity index (χ3v) is 15.0. The number of ether oxygens (including phenoxy) is 6. The average Bonchev–Trinajstić information content (AvgIpc) is 2.68. The van der Waals surface area contributed by atoms with Gasteiger partial charge in [0, 0.05) is 81.2 Å². The number of hydrogen-bond donors (Lipinski definition) is 3. The molecule has 5 heterocycles. The number of nitrogens with one attached hydrogen (secondary N) is 2. The SMILES string of the molecule is CC[C@@H]([C@H](C)O)n1ncn(-c2ccc(N3CCN(c4ccc(OC[C@@H]5CO[C@@](CN6C=[N+](C(C)OC(=O)N(C)c7ncccc7COC(=O)CC(NC(=O)OC(C)(C)C)C(=O)OC(C)(C)C)CN6)(C6CC=C(F)C=C6F)C5)cc4)CC3)cc2)c1=O. The number of benzene rings is 2. The first kappa shape index (κ1) is 63.1. The number of pyridine rings is 1. The number of anilines is 3. The summed E-state index contributed by atoms with van der Waals surface area (Å²) in [5, 5.41) is 18.6. The first-order chi connectivity index (χ1) is 40.3. The quantitative estimate of drug-likeness (QED) is 0.0429. The monoisotopic (exact) mass is 1180 g/mol. The molecule has 0 spiro atoms. The van der Waals surface area contributed by atoms with Gasteiger partial charge in [0.2, 0.25) is 6.23 Å². The van der Waals surface area contributed by atoms with E-state index in [9.17, 15) is 33.5 Å². The third-order valence-electron chi connectivity index (χ3n) is 15.0. The van der Waals surface area contributed by atoms with Gasteiger partial charge in [0.15, 0.2) is 6.67 Å². The molecule has 85 heavy (non-hydrogen) atoms. The van der Waals surface area contributed by atoms with Crippen LogP contribution in [-0.2, 0) is 39.9 Å². The topological polar surface area (TPSA) is 237 Å². The van der Waals surface area contributed by atoms with E-state index in [1.165, 1.54) is 34.9 Å². The number of piperazine rings is 1. The third kappa shape index (κ3) is 16.3. The molecule has 3 aliphatic heterocycles. The van der Waals surface area contributed by atoms with E-state index in [2.05, 4.69) is 30.6 Å². The van der Waals surface area contributed by atoms with Gasteiger partial charge in [0.1, 0.15) is 65.5 Å². The van der Waals surface area contributed by atoms with E-state index in [1.54, 1.807) is 83.4 Å². The van der Waals surface area contributed by atoms with Crippen molar-refractivity contribution >= 4 is 47.7 Å². The number of aromatic nitrogens is 4. The molecule has 1 aliphatic carbocycles. The van der Waals surface area contributed by atoms with Crippen molar-refractivity contribution in [2.24, 2.45) is 11.8 Å². The van der Waals surface area contributed by atoms with Gasteiger partial charge in [-0.25, -0.2) is 46.8 Å². The number of rotatable bonds is 21. The second-order valence-electron chi connectivity index (χ2n) is 23.8. The maximum atomic E-state index is 15.8. The summed E-state index contributed by atoms with van der Waals surface area (Å²) in [4.78, 5) is 75.7. The number of hydrazine groups is 1. The van der Waals surface area contributed by atoms with Crippen LogP contribution in [0.4, 0.5) is 35.6 Å². The molecule has 3 N–H and O–H groups in total. The fourth-order valence-corrected chi connectivity index (χ4v) is 10.7. The zero-order valence-electron chi connectivity index (χ0n) is 50.0. The number of carbonyl (C=O) groups excluding carboxylic acids is 4. The van der Waals surface area contributed by atoms with Crippen molar-refractivity contribution in [1.29, 1.82) is 0 Å². The predicted molar refractivity (Wildman–Crippen MR) is 312 cm³/mol. The Morgan fingerprint density at radius 3 is 2.21 bits per heavy atom. The minimum atomic E-state index is -1.42. The van der Waals surface area contributed by atoms with Gasteiger partial charge in [-0.05, 0) is 128 Å². The molecule has 3 unspecified atom stereocenters. The second-order valence-corrected chi connectivity index (χ2v) is 23.8. The second kappa shape index (κ2) is 27.0. The lowest BCUT2D eigenvalue weighted by Crippen LogP contribution is -2.51. The summed E-state index contributed by atoms with van der Waals surface area (Å²) < 4.78 is 69.8. The number of halogens is 2. The van der Waals surface area contributed by atoms with Crippen LogP contribution >= 0.6 is 0 Å². The average molecular weight is 1190 g/mol. The van der Waals surface area contributed by atoms with Gasteiger partial charge >= 0.3 is 29.8 Å². The Morgan fingerprint density at radius 2 is 1.59 bits per heavy atom. The predicted octanol–water partition coefficient (Wildman–Crippen LogP) is 7.07. The molecule has 4 aliphatic rings. The van der Waals surface area contributed by atoms with Crippen LogP contribution in [0.1, 0.15) is 99.6 Å². The summed E-state index contributed by atoms with van der Waals surface area (Å²) in [5.74, 6) is -3.07. The van der Waals surface area contributed by atoms with Crippen molar-refractivity contribution in [3.8, 4) is 11.4 Å². The smallest absolute Gasteiger partial charge is 0.418 e. The van der Waals surface area contributed by atoms with E-state index in [1.807, 2.05) is 55.5 Å². The number of aliphatic hydroxyl groups excluding tert-OH is 1. The van der Waals surface area contributed by atoms with Gasteiger partial charge in [0.05, 0.1) is 37.5 Å². The van der Waals surface area contributed by atoms with E-state index >= 15 is 4.39 Å². The summed E-state index contributed by atoms with van der Waals surface area (Å²) in [6.07, 6.45) is 4.19. The first-order valence-corrected chi connectivity index (χ1v) is 28.7. The highest BCUT2D eigenvalue weighted by molar-refractivity contribution is 5.88. The molecule has 460 valence electrons. The summed E-state index contributed by atoms with van der Waals surface area (Å²) in [6.45, 7) is 18.9. The van der Waals surface area contributed by atoms with Crippen LogP contribution in [-0.4, -0.2) is 159 Å². The van der Waals surface area contributed by atoms with Crippen molar-refractivity contribution in [3.63, 3.8) is 0 Å². The largest absolute Gasteiger partial charge is 0.493 e.